The predicted octanol–water partition coefficient (Wildman–Crippen LogP) is 7.59. The summed E-state index contributed by atoms with van der Waals surface area (Å²) in [5, 5.41) is 2.12. The Morgan fingerprint density at radius 2 is 1.10 bits per heavy atom. The van der Waals surface area contributed by atoms with Gasteiger partial charge >= 0.3 is 0 Å². The van der Waals surface area contributed by atoms with E-state index in [2.05, 4.69) is 47.8 Å². The lowest BCUT2D eigenvalue weighted by molar-refractivity contribution is 1.90. The summed E-state index contributed by atoms with van der Waals surface area (Å²) in [6.07, 6.45) is 0. The lowest BCUT2D eigenvalue weighted by atomic mass is 10.3. The molecule has 0 nitrogen and oxygen atoms in total. The zero-order chi connectivity index (χ0) is 14.2. The molecule has 4 heterocycles. The minimum absolute atomic E-state index is 0.844. The molecule has 0 saturated heterocycles. The molecule has 4 aromatic heterocycles. The van der Waals surface area contributed by atoms with Crippen molar-refractivity contribution in [2.45, 2.75) is 0 Å². The Bertz CT molecular complexity index is 864. The van der Waals surface area contributed by atoms with E-state index in [9.17, 15) is 0 Å². The molecule has 0 N–H and O–H groups in total. The van der Waals surface area contributed by atoms with E-state index >= 15 is 0 Å². The first-order valence-electron chi connectivity index (χ1n) is 6.29. The first-order valence-corrected chi connectivity index (χ1v) is 10.00. The summed E-state index contributed by atoms with van der Waals surface area (Å²) in [4.78, 5) is 7.86. The highest BCUT2D eigenvalue weighted by Crippen LogP contribution is 2.42. The second-order valence-corrected chi connectivity index (χ2v) is 9.24. The second kappa shape index (κ2) is 5.71. The van der Waals surface area contributed by atoms with Gasteiger partial charge in [0, 0.05) is 29.3 Å². The third-order valence-corrected chi connectivity index (χ3v) is 7.89. The fourth-order valence-electron chi connectivity index (χ4n) is 2.07. The molecule has 5 heteroatoms. The van der Waals surface area contributed by atoms with Crippen LogP contribution in [0.5, 0.6) is 0 Å². The van der Waals surface area contributed by atoms with Crippen LogP contribution in [0.2, 0.25) is 4.34 Å². The van der Waals surface area contributed by atoms with Gasteiger partial charge in [0.1, 0.15) is 0 Å². The molecular formula is C16H9ClS4. The third kappa shape index (κ3) is 2.74. The van der Waals surface area contributed by atoms with Gasteiger partial charge in [-0.25, -0.2) is 0 Å². The van der Waals surface area contributed by atoms with E-state index in [4.69, 9.17) is 11.6 Å². The van der Waals surface area contributed by atoms with E-state index in [1.165, 1.54) is 29.3 Å². The average molecular weight is 365 g/mol. The summed E-state index contributed by atoms with van der Waals surface area (Å²) in [5.41, 5.74) is 0. The highest BCUT2D eigenvalue weighted by Gasteiger charge is 2.10. The van der Waals surface area contributed by atoms with E-state index in [1.54, 1.807) is 22.7 Å². The maximum Gasteiger partial charge on any atom is 0.0935 e. The van der Waals surface area contributed by atoms with Gasteiger partial charge in [-0.15, -0.1) is 45.3 Å². The smallest absolute Gasteiger partial charge is 0.0935 e. The molecule has 0 spiro atoms. The van der Waals surface area contributed by atoms with Crippen molar-refractivity contribution in [3.05, 3.63) is 58.2 Å². The van der Waals surface area contributed by atoms with E-state index in [0.29, 0.717) is 0 Å². The van der Waals surface area contributed by atoms with Crippen molar-refractivity contribution in [3.8, 4) is 29.3 Å². The maximum atomic E-state index is 6.02. The highest BCUT2D eigenvalue weighted by atomic mass is 35.5. The molecule has 0 atom stereocenters. The van der Waals surface area contributed by atoms with Gasteiger partial charge < -0.3 is 0 Å². The highest BCUT2D eigenvalue weighted by molar-refractivity contribution is 7.28. The molecule has 0 aromatic carbocycles. The summed E-state index contributed by atoms with van der Waals surface area (Å²) in [7, 11) is 0. The van der Waals surface area contributed by atoms with Gasteiger partial charge in [0.25, 0.3) is 0 Å². The molecule has 0 unspecified atom stereocenters. The lowest BCUT2D eigenvalue weighted by Crippen LogP contribution is -1.58. The minimum Gasteiger partial charge on any atom is -0.143 e. The van der Waals surface area contributed by atoms with Gasteiger partial charge in [-0.05, 0) is 47.8 Å². The van der Waals surface area contributed by atoms with Crippen LogP contribution in [0.4, 0.5) is 0 Å². The molecule has 0 aliphatic carbocycles. The largest absolute Gasteiger partial charge is 0.143 e. The van der Waals surface area contributed by atoms with Crippen LogP contribution >= 0.6 is 56.9 Å². The van der Waals surface area contributed by atoms with Gasteiger partial charge in [0.05, 0.1) is 4.34 Å². The fourth-order valence-corrected chi connectivity index (χ4v) is 6.14. The third-order valence-electron chi connectivity index (χ3n) is 3.03. The van der Waals surface area contributed by atoms with Crippen LogP contribution in [0.15, 0.2) is 53.9 Å². The molecule has 0 amide bonds. The van der Waals surface area contributed by atoms with E-state index in [1.807, 2.05) is 28.7 Å². The standard InChI is InChI=1S/C16H9ClS4/c17-16-8-7-15(21-16)14-6-5-13(20-14)12-4-3-11(19-12)10-2-1-9-18-10/h1-9H. The second-order valence-electron chi connectivity index (χ2n) is 4.41. The van der Waals surface area contributed by atoms with Crippen LogP contribution < -0.4 is 0 Å². The zero-order valence-corrected chi connectivity index (χ0v) is 14.7. The quantitative estimate of drug-likeness (QED) is 0.351. The average Bonchev–Trinajstić information content (AvgIpc) is 3.25. The van der Waals surface area contributed by atoms with Crippen molar-refractivity contribution < 1.29 is 0 Å². The Morgan fingerprint density at radius 1 is 0.571 bits per heavy atom. The van der Waals surface area contributed by atoms with E-state index in [0.717, 1.165) is 4.34 Å². The number of halogens is 1. The maximum absolute atomic E-state index is 6.02. The molecule has 0 bridgehead atoms. The first kappa shape index (κ1) is 13.7. The summed E-state index contributed by atoms with van der Waals surface area (Å²) in [6.45, 7) is 0. The Kier molecular flexibility index (Phi) is 3.73. The normalized spacial score (nSPS) is 11.1. The van der Waals surface area contributed by atoms with Gasteiger partial charge in [0.15, 0.2) is 0 Å². The number of thiophene rings is 4. The lowest BCUT2D eigenvalue weighted by Gasteiger charge is -1.91. The fraction of sp³-hybridized carbons (Fsp3) is 0. The Balaban J connectivity index is 1.67. The first-order chi connectivity index (χ1) is 10.3. The Morgan fingerprint density at radius 3 is 1.57 bits per heavy atom. The van der Waals surface area contributed by atoms with Crippen molar-refractivity contribution in [1.82, 2.24) is 0 Å². The number of hydrogen-bond acceptors (Lipinski definition) is 4. The van der Waals surface area contributed by atoms with Crippen LogP contribution in [0.3, 0.4) is 0 Å². The van der Waals surface area contributed by atoms with Crippen LogP contribution in [0, 0.1) is 0 Å². The molecule has 0 fully saturated rings. The summed E-state index contributed by atoms with van der Waals surface area (Å²) >= 11 is 13.1. The molecule has 104 valence electrons. The van der Waals surface area contributed by atoms with Crippen LogP contribution in [-0.4, -0.2) is 0 Å². The summed E-state index contributed by atoms with van der Waals surface area (Å²) in [5.74, 6) is 0. The summed E-state index contributed by atoms with van der Waals surface area (Å²) < 4.78 is 0.844. The van der Waals surface area contributed by atoms with Crippen LogP contribution in [-0.2, 0) is 0 Å². The van der Waals surface area contributed by atoms with Crippen molar-refractivity contribution in [2.24, 2.45) is 0 Å². The molecule has 0 radical (unpaired) electrons. The summed E-state index contributed by atoms with van der Waals surface area (Å²) in [6, 6.07) is 17.2. The zero-order valence-electron chi connectivity index (χ0n) is 10.7. The molecule has 4 aromatic rings. The predicted molar refractivity (Wildman–Crippen MR) is 99.3 cm³/mol. The van der Waals surface area contributed by atoms with Crippen molar-refractivity contribution in [3.63, 3.8) is 0 Å². The molecule has 0 saturated carbocycles. The van der Waals surface area contributed by atoms with Crippen molar-refractivity contribution >= 4 is 56.9 Å². The van der Waals surface area contributed by atoms with Gasteiger partial charge in [-0.2, -0.15) is 0 Å². The van der Waals surface area contributed by atoms with E-state index in [-0.39, 0.29) is 0 Å². The van der Waals surface area contributed by atoms with Crippen molar-refractivity contribution in [1.29, 1.82) is 0 Å². The molecule has 0 aliphatic heterocycles. The number of rotatable bonds is 3. The molecular weight excluding hydrogens is 356 g/mol. The van der Waals surface area contributed by atoms with Crippen LogP contribution in [0.1, 0.15) is 0 Å². The van der Waals surface area contributed by atoms with Crippen LogP contribution in [0.25, 0.3) is 29.3 Å². The van der Waals surface area contributed by atoms with Gasteiger partial charge in [0.2, 0.25) is 0 Å². The molecule has 4 rings (SSSR count). The SMILES string of the molecule is Clc1ccc(-c2ccc(-c3ccc(-c4cccs4)s3)s2)s1. The Hall–Kier alpha value is -0.910. The molecule has 0 aliphatic rings. The monoisotopic (exact) mass is 364 g/mol. The number of hydrogen-bond donors (Lipinski definition) is 0. The topological polar surface area (TPSA) is 0 Å². The van der Waals surface area contributed by atoms with Gasteiger partial charge in [-0.3, -0.25) is 0 Å². The van der Waals surface area contributed by atoms with Crippen molar-refractivity contribution in [2.75, 3.05) is 0 Å². The van der Waals surface area contributed by atoms with Gasteiger partial charge in [-0.1, -0.05) is 17.7 Å². The minimum atomic E-state index is 0.844. The molecule has 21 heavy (non-hydrogen) atoms. The Labute approximate surface area is 143 Å². The van der Waals surface area contributed by atoms with E-state index < -0.39 is 0 Å².